The SMILES string of the molecule is CCC(CO)(CO)Cc1cc(F)ccc1C. The van der Waals surface area contributed by atoms with Crippen molar-refractivity contribution < 1.29 is 14.6 Å². The van der Waals surface area contributed by atoms with E-state index in [0.717, 1.165) is 11.1 Å². The Hall–Kier alpha value is -0.930. The van der Waals surface area contributed by atoms with Crippen LogP contribution >= 0.6 is 0 Å². The summed E-state index contributed by atoms with van der Waals surface area (Å²) in [6.45, 7) is 3.65. The van der Waals surface area contributed by atoms with E-state index in [1.807, 2.05) is 13.8 Å². The summed E-state index contributed by atoms with van der Waals surface area (Å²) in [6, 6.07) is 4.62. The number of rotatable bonds is 5. The van der Waals surface area contributed by atoms with Gasteiger partial charge in [-0.15, -0.1) is 0 Å². The Morgan fingerprint density at radius 1 is 1.25 bits per heavy atom. The van der Waals surface area contributed by atoms with Crippen LogP contribution in [0.4, 0.5) is 4.39 Å². The molecule has 0 saturated carbocycles. The number of aliphatic hydroxyl groups is 2. The molecule has 0 spiro atoms. The third-order valence-electron chi connectivity index (χ3n) is 3.30. The van der Waals surface area contributed by atoms with Crippen LogP contribution in [-0.2, 0) is 6.42 Å². The zero-order valence-corrected chi connectivity index (χ0v) is 9.83. The van der Waals surface area contributed by atoms with Gasteiger partial charge in [0.05, 0.1) is 13.2 Å². The normalized spacial score (nSPS) is 11.8. The number of aliphatic hydroxyl groups excluding tert-OH is 2. The molecule has 0 aliphatic carbocycles. The van der Waals surface area contributed by atoms with Gasteiger partial charge in [0.1, 0.15) is 5.82 Å². The maximum absolute atomic E-state index is 13.1. The number of hydrogen-bond donors (Lipinski definition) is 2. The summed E-state index contributed by atoms with van der Waals surface area (Å²) >= 11 is 0. The summed E-state index contributed by atoms with van der Waals surface area (Å²) in [5.74, 6) is -0.276. The summed E-state index contributed by atoms with van der Waals surface area (Å²) in [4.78, 5) is 0. The first-order valence-electron chi connectivity index (χ1n) is 5.53. The van der Waals surface area contributed by atoms with Gasteiger partial charge in [-0.1, -0.05) is 13.0 Å². The molecule has 2 N–H and O–H groups in total. The lowest BCUT2D eigenvalue weighted by atomic mass is 9.80. The van der Waals surface area contributed by atoms with Crippen molar-refractivity contribution >= 4 is 0 Å². The van der Waals surface area contributed by atoms with Gasteiger partial charge in [0.2, 0.25) is 0 Å². The quantitative estimate of drug-likeness (QED) is 0.806. The van der Waals surface area contributed by atoms with Crippen LogP contribution in [0.2, 0.25) is 0 Å². The van der Waals surface area contributed by atoms with E-state index in [9.17, 15) is 14.6 Å². The predicted molar refractivity (Wildman–Crippen MR) is 61.7 cm³/mol. The van der Waals surface area contributed by atoms with E-state index in [1.165, 1.54) is 12.1 Å². The van der Waals surface area contributed by atoms with Crippen molar-refractivity contribution in [3.05, 3.63) is 35.1 Å². The predicted octanol–water partition coefficient (Wildman–Crippen LogP) is 2.06. The van der Waals surface area contributed by atoms with Crippen LogP contribution in [0.15, 0.2) is 18.2 Å². The second kappa shape index (κ2) is 5.41. The van der Waals surface area contributed by atoms with Crippen LogP contribution in [0.3, 0.4) is 0 Å². The van der Waals surface area contributed by atoms with Crippen molar-refractivity contribution in [2.75, 3.05) is 13.2 Å². The van der Waals surface area contributed by atoms with Gasteiger partial charge in [0.15, 0.2) is 0 Å². The molecule has 1 aromatic rings. The fourth-order valence-electron chi connectivity index (χ4n) is 1.74. The molecule has 0 aliphatic rings. The van der Waals surface area contributed by atoms with E-state index in [-0.39, 0.29) is 19.0 Å². The molecular formula is C13H19FO2. The molecule has 0 heterocycles. The smallest absolute Gasteiger partial charge is 0.123 e. The molecule has 0 amide bonds. The van der Waals surface area contributed by atoms with Crippen molar-refractivity contribution in [3.63, 3.8) is 0 Å². The van der Waals surface area contributed by atoms with Crippen LogP contribution in [0.25, 0.3) is 0 Å². The van der Waals surface area contributed by atoms with Crippen LogP contribution < -0.4 is 0 Å². The fraction of sp³-hybridized carbons (Fsp3) is 0.538. The van der Waals surface area contributed by atoms with Gasteiger partial charge in [0.25, 0.3) is 0 Å². The zero-order chi connectivity index (χ0) is 12.2. The molecule has 3 heteroatoms. The summed E-state index contributed by atoms with van der Waals surface area (Å²) in [5, 5.41) is 18.7. The Bertz CT molecular complexity index is 338. The molecule has 1 aromatic carbocycles. The number of benzene rings is 1. The topological polar surface area (TPSA) is 40.5 Å². The van der Waals surface area contributed by atoms with E-state index in [4.69, 9.17) is 0 Å². The van der Waals surface area contributed by atoms with Gasteiger partial charge in [0, 0.05) is 5.41 Å². The molecular weight excluding hydrogens is 207 g/mol. The van der Waals surface area contributed by atoms with E-state index in [2.05, 4.69) is 0 Å². The monoisotopic (exact) mass is 226 g/mol. The van der Waals surface area contributed by atoms with Crippen LogP contribution in [0, 0.1) is 18.2 Å². The summed E-state index contributed by atoms with van der Waals surface area (Å²) in [7, 11) is 0. The lowest BCUT2D eigenvalue weighted by Crippen LogP contribution is -2.31. The molecule has 0 radical (unpaired) electrons. The molecule has 0 bridgehead atoms. The molecule has 0 aliphatic heterocycles. The number of halogens is 1. The largest absolute Gasteiger partial charge is 0.396 e. The van der Waals surface area contributed by atoms with Crippen molar-refractivity contribution in [1.29, 1.82) is 0 Å². The second-order valence-electron chi connectivity index (χ2n) is 4.42. The molecule has 0 fully saturated rings. The summed E-state index contributed by atoms with van der Waals surface area (Å²) in [6.07, 6.45) is 1.16. The first-order valence-corrected chi connectivity index (χ1v) is 5.53. The van der Waals surface area contributed by atoms with E-state index < -0.39 is 5.41 Å². The highest BCUT2D eigenvalue weighted by atomic mass is 19.1. The Labute approximate surface area is 95.7 Å². The molecule has 90 valence electrons. The molecule has 2 nitrogen and oxygen atoms in total. The minimum absolute atomic E-state index is 0.0873. The third-order valence-corrected chi connectivity index (χ3v) is 3.30. The van der Waals surface area contributed by atoms with Gasteiger partial charge >= 0.3 is 0 Å². The number of aryl methyl sites for hydroxylation is 1. The third kappa shape index (κ3) is 2.80. The standard InChI is InChI=1S/C13H19FO2/c1-3-13(8-15,9-16)7-11-6-12(14)5-4-10(11)2/h4-6,15-16H,3,7-9H2,1-2H3. The van der Waals surface area contributed by atoms with Crippen molar-refractivity contribution in [1.82, 2.24) is 0 Å². The van der Waals surface area contributed by atoms with Gasteiger partial charge in [-0.25, -0.2) is 4.39 Å². The molecule has 0 unspecified atom stereocenters. The fourth-order valence-corrected chi connectivity index (χ4v) is 1.74. The minimum atomic E-state index is -0.543. The Balaban J connectivity index is 2.97. The molecule has 16 heavy (non-hydrogen) atoms. The maximum Gasteiger partial charge on any atom is 0.123 e. The molecule has 0 aromatic heterocycles. The first-order chi connectivity index (χ1) is 7.56. The van der Waals surface area contributed by atoms with E-state index in [0.29, 0.717) is 12.8 Å². The van der Waals surface area contributed by atoms with Crippen molar-refractivity contribution in [2.24, 2.45) is 5.41 Å². The second-order valence-corrected chi connectivity index (χ2v) is 4.42. The average molecular weight is 226 g/mol. The summed E-state index contributed by atoms with van der Waals surface area (Å²) < 4.78 is 13.1. The highest BCUT2D eigenvalue weighted by Crippen LogP contribution is 2.27. The highest BCUT2D eigenvalue weighted by molar-refractivity contribution is 5.27. The van der Waals surface area contributed by atoms with E-state index in [1.54, 1.807) is 6.07 Å². The zero-order valence-electron chi connectivity index (χ0n) is 9.83. The van der Waals surface area contributed by atoms with Crippen molar-refractivity contribution in [2.45, 2.75) is 26.7 Å². The Morgan fingerprint density at radius 3 is 2.38 bits per heavy atom. The first kappa shape index (κ1) is 13.1. The Kier molecular flexibility index (Phi) is 4.44. The summed E-state index contributed by atoms with van der Waals surface area (Å²) in [5.41, 5.74) is 1.30. The van der Waals surface area contributed by atoms with Crippen LogP contribution in [0.1, 0.15) is 24.5 Å². The average Bonchev–Trinajstić information content (AvgIpc) is 2.31. The van der Waals surface area contributed by atoms with Gasteiger partial charge in [-0.2, -0.15) is 0 Å². The van der Waals surface area contributed by atoms with Gasteiger partial charge < -0.3 is 10.2 Å². The molecule has 0 saturated heterocycles. The van der Waals surface area contributed by atoms with Crippen LogP contribution in [-0.4, -0.2) is 23.4 Å². The molecule has 0 atom stereocenters. The minimum Gasteiger partial charge on any atom is -0.396 e. The maximum atomic E-state index is 13.1. The van der Waals surface area contributed by atoms with Crippen LogP contribution in [0.5, 0.6) is 0 Å². The highest BCUT2D eigenvalue weighted by Gasteiger charge is 2.27. The molecule has 1 rings (SSSR count). The van der Waals surface area contributed by atoms with Gasteiger partial charge in [-0.05, 0) is 43.0 Å². The Morgan fingerprint density at radius 2 is 1.88 bits per heavy atom. The van der Waals surface area contributed by atoms with E-state index >= 15 is 0 Å². The van der Waals surface area contributed by atoms with Crippen molar-refractivity contribution in [3.8, 4) is 0 Å². The van der Waals surface area contributed by atoms with Gasteiger partial charge in [-0.3, -0.25) is 0 Å². The lowest BCUT2D eigenvalue weighted by Gasteiger charge is -2.29. The number of hydrogen-bond acceptors (Lipinski definition) is 2. The lowest BCUT2D eigenvalue weighted by molar-refractivity contribution is 0.0512.